The molecule has 1 aromatic carbocycles. The van der Waals surface area contributed by atoms with Gasteiger partial charge in [0.05, 0.1) is 0 Å². The zero-order valence-electron chi connectivity index (χ0n) is 11.7. The summed E-state index contributed by atoms with van der Waals surface area (Å²) < 4.78 is 12.8. The van der Waals surface area contributed by atoms with Gasteiger partial charge in [-0.25, -0.2) is 4.39 Å². The van der Waals surface area contributed by atoms with Crippen molar-refractivity contribution in [2.24, 2.45) is 5.92 Å². The smallest absolute Gasteiger partial charge is 0.223 e. The number of hydrogen-bond donors (Lipinski definition) is 2. The van der Waals surface area contributed by atoms with E-state index in [-0.39, 0.29) is 23.7 Å². The molecule has 1 amide bonds. The fourth-order valence-corrected chi connectivity index (χ4v) is 3.07. The topological polar surface area (TPSA) is 41.1 Å². The van der Waals surface area contributed by atoms with Crippen molar-refractivity contribution in [3.05, 3.63) is 30.1 Å². The van der Waals surface area contributed by atoms with Crippen LogP contribution in [0.2, 0.25) is 0 Å². The first-order valence-electron chi connectivity index (χ1n) is 7.04. The standard InChI is InChI=1S/C15H21FN2OS/c1-11(10-20-14-6-4-12(16)5-7-14)15(19)18-13-3-2-8-17-9-13/h4-7,11,13,17H,2-3,8-10H2,1H3,(H,18,19)/t11?,13-/m0/s1. The van der Waals surface area contributed by atoms with Gasteiger partial charge in [0.15, 0.2) is 0 Å². The van der Waals surface area contributed by atoms with Crippen LogP contribution in [0.5, 0.6) is 0 Å². The Labute approximate surface area is 123 Å². The SMILES string of the molecule is CC(CSc1ccc(F)cc1)C(=O)N[C@H]1CCCNC1. The highest BCUT2D eigenvalue weighted by atomic mass is 32.2. The van der Waals surface area contributed by atoms with Gasteiger partial charge in [-0.1, -0.05) is 6.92 Å². The molecule has 0 bridgehead atoms. The summed E-state index contributed by atoms with van der Waals surface area (Å²) in [4.78, 5) is 13.1. The molecule has 5 heteroatoms. The van der Waals surface area contributed by atoms with Gasteiger partial charge in [-0.2, -0.15) is 0 Å². The Kier molecular flexibility index (Phi) is 5.86. The Morgan fingerprint density at radius 3 is 2.90 bits per heavy atom. The lowest BCUT2D eigenvalue weighted by molar-refractivity contribution is -0.124. The first-order chi connectivity index (χ1) is 9.65. The molecule has 0 saturated carbocycles. The van der Waals surface area contributed by atoms with Gasteiger partial charge in [0.2, 0.25) is 5.91 Å². The van der Waals surface area contributed by atoms with Crippen LogP contribution in [0.15, 0.2) is 29.2 Å². The Bertz CT molecular complexity index is 432. The number of piperidine rings is 1. The van der Waals surface area contributed by atoms with Crippen LogP contribution in [0.25, 0.3) is 0 Å². The molecule has 1 fully saturated rings. The summed E-state index contributed by atoms with van der Waals surface area (Å²) >= 11 is 1.58. The van der Waals surface area contributed by atoms with E-state index in [1.165, 1.54) is 12.1 Å². The van der Waals surface area contributed by atoms with Crippen molar-refractivity contribution >= 4 is 17.7 Å². The summed E-state index contributed by atoms with van der Waals surface area (Å²) in [7, 11) is 0. The van der Waals surface area contributed by atoms with E-state index in [9.17, 15) is 9.18 Å². The maximum absolute atomic E-state index is 12.8. The molecule has 0 radical (unpaired) electrons. The average molecular weight is 296 g/mol. The number of rotatable bonds is 5. The third-order valence-corrected chi connectivity index (χ3v) is 4.68. The summed E-state index contributed by atoms with van der Waals surface area (Å²) in [5.74, 6) is 0.530. The van der Waals surface area contributed by atoms with Gasteiger partial charge in [0, 0.05) is 29.2 Å². The lowest BCUT2D eigenvalue weighted by Gasteiger charge is -2.25. The second-order valence-corrected chi connectivity index (χ2v) is 6.31. The minimum Gasteiger partial charge on any atom is -0.352 e. The third-order valence-electron chi connectivity index (χ3n) is 3.40. The van der Waals surface area contributed by atoms with Crippen molar-refractivity contribution in [1.82, 2.24) is 10.6 Å². The molecule has 1 unspecified atom stereocenters. The molecule has 3 nitrogen and oxygen atoms in total. The monoisotopic (exact) mass is 296 g/mol. The van der Waals surface area contributed by atoms with E-state index in [0.717, 1.165) is 30.8 Å². The maximum atomic E-state index is 12.8. The predicted octanol–water partition coefficient (Wildman–Crippen LogP) is 2.42. The number of carbonyl (C=O) groups excluding carboxylic acids is 1. The van der Waals surface area contributed by atoms with Gasteiger partial charge in [0.25, 0.3) is 0 Å². The summed E-state index contributed by atoms with van der Waals surface area (Å²) in [6.07, 6.45) is 2.17. The molecule has 1 aliphatic heterocycles. The van der Waals surface area contributed by atoms with Crippen LogP contribution in [0.1, 0.15) is 19.8 Å². The molecule has 0 aromatic heterocycles. The summed E-state index contributed by atoms with van der Waals surface area (Å²) in [5.41, 5.74) is 0. The zero-order chi connectivity index (χ0) is 14.4. The minimum absolute atomic E-state index is 0.0491. The Morgan fingerprint density at radius 2 is 2.25 bits per heavy atom. The van der Waals surface area contributed by atoms with E-state index in [0.29, 0.717) is 5.75 Å². The highest BCUT2D eigenvalue weighted by Crippen LogP contribution is 2.21. The number of nitrogens with one attached hydrogen (secondary N) is 2. The molecular weight excluding hydrogens is 275 g/mol. The summed E-state index contributed by atoms with van der Waals surface area (Å²) in [6, 6.07) is 6.64. The number of halogens is 1. The van der Waals surface area contributed by atoms with Crippen LogP contribution in [0.4, 0.5) is 4.39 Å². The van der Waals surface area contributed by atoms with Crippen molar-refractivity contribution in [3.8, 4) is 0 Å². The van der Waals surface area contributed by atoms with Crippen LogP contribution in [-0.2, 0) is 4.79 Å². The second-order valence-electron chi connectivity index (χ2n) is 5.22. The molecule has 1 heterocycles. The predicted molar refractivity (Wildman–Crippen MR) is 80.3 cm³/mol. The van der Waals surface area contributed by atoms with Crippen LogP contribution in [0.3, 0.4) is 0 Å². The highest BCUT2D eigenvalue weighted by molar-refractivity contribution is 7.99. The van der Waals surface area contributed by atoms with Crippen molar-refractivity contribution in [2.45, 2.75) is 30.7 Å². The van der Waals surface area contributed by atoms with Gasteiger partial charge >= 0.3 is 0 Å². The van der Waals surface area contributed by atoms with Crippen LogP contribution in [0, 0.1) is 11.7 Å². The normalized spacial score (nSPS) is 20.4. The largest absolute Gasteiger partial charge is 0.352 e. The molecule has 110 valence electrons. The average Bonchev–Trinajstić information content (AvgIpc) is 2.47. The molecule has 1 aliphatic rings. The summed E-state index contributed by atoms with van der Waals surface area (Å²) in [5, 5.41) is 6.38. The lowest BCUT2D eigenvalue weighted by Crippen LogP contribution is -2.47. The van der Waals surface area contributed by atoms with E-state index < -0.39 is 0 Å². The maximum Gasteiger partial charge on any atom is 0.223 e. The molecule has 2 atom stereocenters. The van der Waals surface area contributed by atoms with E-state index >= 15 is 0 Å². The molecule has 0 aliphatic carbocycles. The van der Waals surface area contributed by atoms with Gasteiger partial charge in [-0.15, -0.1) is 11.8 Å². The minimum atomic E-state index is -0.232. The fourth-order valence-electron chi connectivity index (χ4n) is 2.15. The van der Waals surface area contributed by atoms with Gasteiger partial charge in [-0.05, 0) is 43.7 Å². The second kappa shape index (κ2) is 7.64. The first kappa shape index (κ1) is 15.3. The zero-order valence-corrected chi connectivity index (χ0v) is 12.5. The van der Waals surface area contributed by atoms with Gasteiger partial charge in [0.1, 0.15) is 5.82 Å². The van der Waals surface area contributed by atoms with Crippen LogP contribution in [-0.4, -0.2) is 30.8 Å². The molecular formula is C15H21FN2OS. The molecule has 2 N–H and O–H groups in total. The summed E-state index contributed by atoms with van der Waals surface area (Å²) in [6.45, 7) is 3.84. The van der Waals surface area contributed by atoms with E-state index in [4.69, 9.17) is 0 Å². The van der Waals surface area contributed by atoms with Crippen LogP contribution >= 0.6 is 11.8 Å². The van der Waals surface area contributed by atoms with Crippen molar-refractivity contribution in [2.75, 3.05) is 18.8 Å². The quantitative estimate of drug-likeness (QED) is 0.820. The van der Waals surface area contributed by atoms with Gasteiger partial charge < -0.3 is 10.6 Å². The van der Waals surface area contributed by atoms with Crippen LogP contribution < -0.4 is 10.6 Å². The first-order valence-corrected chi connectivity index (χ1v) is 8.03. The van der Waals surface area contributed by atoms with E-state index in [1.807, 2.05) is 6.92 Å². The number of thioether (sulfide) groups is 1. The fraction of sp³-hybridized carbons (Fsp3) is 0.533. The van der Waals surface area contributed by atoms with Gasteiger partial charge in [-0.3, -0.25) is 4.79 Å². The molecule has 1 saturated heterocycles. The highest BCUT2D eigenvalue weighted by Gasteiger charge is 2.19. The Balaban J connectivity index is 1.74. The molecule has 1 aromatic rings. The van der Waals surface area contributed by atoms with Crippen molar-refractivity contribution in [1.29, 1.82) is 0 Å². The Hall–Kier alpha value is -1.07. The third kappa shape index (κ3) is 4.80. The molecule has 20 heavy (non-hydrogen) atoms. The number of carbonyl (C=O) groups is 1. The van der Waals surface area contributed by atoms with E-state index in [1.54, 1.807) is 23.9 Å². The number of amides is 1. The number of benzene rings is 1. The Morgan fingerprint density at radius 1 is 1.50 bits per heavy atom. The van der Waals surface area contributed by atoms with E-state index in [2.05, 4.69) is 10.6 Å². The van der Waals surface area contributed by atoms with Crippen molar-refractivity contribution in [3.63, 3.8) is 0 Å². The molecule has 0 spiro atoms. The number of hydrogen-bond acceptors (Lipinski definition) is 3. The molecule has 2 rings (SSSR count). The van der Waals surface area contributed by atoms with Crippen molar-refractivity contribution < 1.29 is 9.18 Å². The lowest BCUT2D eigenvalue weighted by atomic mass is 10.1.